The molecule has 1 saturated carbocycles. The Morgan fingerprint density at radius 2 is 1.23 bits per heavy atom. The predicted molar refractivity (Wildman–Crippen MR) is 134 cm³/mol. The van der Waals surface area contributed by atoms with Crippen LogP contribution in [0.5, 0.6) is 0 Å². The summed E-state index contributed by atoms with van der Waals surface area (Å²) in [6, 6.07) is 14.2. The predicted octanol–water partition coefficient (Wildman–Crippen LogP) is 3.25. The molecule has 2 N–H and O–H groups in total. The number of nitrogens with one attached hydrogen (secondary N) is 2. The minimum absolute atomic E-state index is 0.315. The van der Waals surface area contributed by atoms with Gasteiger partial charge in [-0.2, -0.15) is 0 Å². The molecule has 0 spiro atoms. The molecule has 35 heavy (non-hydrogen) atoms. The Labute approximate surface area is 206 Å². The molecule has 2 amide bonds. The fraction of sp³-hybridized carbons (Fsp3) is 0.444. The number of carbonyl (C=O) groups is 3. The van der Waals surface area contributed by atoms with E-state index in [1.165, 1.54) is 57.1 Å². The van der Waals surface area contributed by atoms with Crippen molar-refractivity contribution in [2.45, 2.75) is 38.6 Å². The fourth-order valence-corrected chi connectivity index (χ4v) is 4.91. The first kappa shape index (κ1) is 24.7. The monoisotopic (exact) mass is 478 g/mol. The average molecular weight is 479 g/mol. The van der Waals surface area contributed by atoms with Gasteiger partial charge in [-0.15, -0.1) is 0 Å². The number of amides is 2. The summed E-state index contributed by atoms with van der Waals surface area (Å²) < 4.78 is 4.64. The van der Waals surface area contributed by atoms with E-state index in [4.69, 9.17) is 0 Å². The maximum Gasteiger partial charge on any atom is 0.337 e. The Balaban J connectivity index is 1.24. The van der Waals surface area contributed by atoms with Crippen molar-refractivity contribution in [3.8, 4) is 0 Å². The quantitative estimate of drug-likeness (QED) is 0.507. The van der Waals surface area contributed by atoms with Crippen LogP contribution in [0.2, 0.25) is 0 Å². The minimum Gasteiger partial charge on any atom is -0.465 e. The number of anilines is 1. The Hall–Kier alpha value is -3.39. The highest BCUT2D eigenvalue weighted by Gasteiger charge is 2.27. The van der Waals surface area contributed by atoms with Crippen molar-refractivity contribution in [2.24, 2.45) is 5.92 Å². The van der Waals surface area contributed by atoms with E-state index in [2.05, 4.69) is 32.3 Å². The van der Waals surface area contributed by atoms with Crippen molar-refractivity contribution < 1.29 is 19.1 Å². The number of ether oxygens (including phenoxy) is 1. The van der Waals surface area contributed by atoms with Crippen LogP contribution in [0.15, 0.2) is 48.5 Å². The van der Waals surface area contributed by atoms with E-state index in [9.17, 15) is 14.4 Å². The smallest absolute Gasteiger partial charge is 0.337 e. The Kier molecular flexibility index (Phi) is 8.02. The van der Waals surface area contributed by atoms with Gasteiger partial charge < -0.3 is 9.64 Å². The van der Waals surface area contributed by atoms with Gasteiger partial charge in [-0.25, -0.2) is 4.79 Å². The normalized spacial score (nSPS) is 20.7. The maximum atomic E-state index is 12.5. The number of piperazine rings is 1. The molecule has 1 aliphatic heterocycles. The van der Waals surface area contributed by atoms with Crippen molar-refractivity contribution in [3.05, 3.63) is 65.2 Å². The highest BCUT2D eigenvalue weighted by atomic mass is 16.5. The van der Waals surface area contributed by atoms with E-state index in [0.717, 1.165) is 43.8 Å². The standard InChI is InChI=1S/C27H34N4O4/c1-19-3-11-23(12-4-19)30-15-17-31(18-16-30)24-13-9-21(10-14-24)26(33)29-28-25(32)20-5-7-22(8-6-20)27(34)35-2/h5-10,13-14,19,23H,3-4,11-12,15-18H2,1-2H3,(H,28,32)(H,29,33). The van der Waals surface area contributed by atoms with Crippen LogP contribution in [-0.2, 0) is 4.74 Å². The van der Waals surface area contributed by atoms with Crippen LogP contribution in [0.1, 0.15) is 63.7 Å². The molecular weight excluding hydrogens is 444 g/mol. The third kappa shape index (κ3) is 6.19. The number of hydrogen-bond acceptors (Lipinski definition) is 6. The van der Waals surface area contributed by atoms with Crippen LogP contribution < -0.4 is 15.8 Å². The molecule has 8 nitrogen and oxygen atoms in total. The van der Waals surface area contributed by atoms with Gasteiger partial charge in [0.2, 0.25) is 0 Å². The van der Waals surface area contributed by atoms with Crippen LogP contribution in [-0.4, -0.2) is 62.0 Å². The van der Waals surface area contributed by atoms with Crippen LogP contribution >= 0.6 is 0 Å². The molecular formula is C27H34N4O4. The lowest BCUT2D eigenvalue weighted by Crippen LogP contribution is -2.51. The van der Waals surface area contributed by atoms with Crippen LogP contribution in [0.3, 0.4) is 0 Å². The highest BCUT2D eigenvalue weighted by Crippen LogP contribution is 2.28. The summed E-state index contributed by atoms with van der Waals surface area (Å²) in [7, 11) is 1.30. The molecule has 0 unspecified atom stereocenters. The zero-order valence-electron chi connectivity index (χ0n) is 20.5. The third-order valence-electron chi connectivity index (χ3n) is 7.17. The van der Waals surface area contributed by atoms with Gasteiger partial charge >= 0.3 is 5.97 Å². The lowest BCUT2D eigenvalue weighted by molar-refractivity contribution is 0.0600. The molecule has 1 saturated heterocycles. The molecule has 2 aromatic rings. The van der Waals surface area contributed by atoms with Crippen LogP contribution in [0.4, 0.5) is 5.69 Å². The van der Waals surface area contributed by atoms with Gasteiger partial charge in [0.05, 0.1) is 12.7 Å². The molecule has 186 valence electrons. The van der Waals surface area contributed by atoms with E-state index >= 15 is 0 Å². The Morgan fingerprint density at radius 1 is 0.743 bits per heavy atom. The van der Waals surface area contributed by atoms with E-state index in [1.54, 1.807) is 12.1 Å². The third-order valence-corrected chi connectivity index (χ3v) is 7.17. The zero-order chi connectivity index (χ0) is 24.8. The first-order valence-electron chi connectivity index (χ1n) is 12.3. The Morgan fingerprint density at radius 3 is 1.74 bits per heavy atom. The van der Waals surface area contributed by atoms with Gasteiger partial charge in [-0.1, -0.05) is 6.92 Å². The van der Waals surface area contributed by atoms with Gasteiger partial charge in [-0.05, 0) is 80.1 Å². The number of methoxy groups -OCH3 is 1. The van der Waals surface area contributed by atoms with Crippen LogP contribution in [0.25, 0.3) is 0 Å². The molecule has 2 aliphatic rings. The summed E-state index contributed by atoms with van der Waals surface area (Å²) in [4.78, 5) is 41.3. The lowest BCUT2D eigenvalue weighted by atomic mass is 9.86. The number of hydrazine groups is 1. The zero-order valence-corrected chi connectivity index (χ0v) is 20.5. The van der Waals surface area contributed by atoms with Crippen molar-refractivity contribution >= 4 is 23.5 Å². The molecule has 0 radical (unpaired) electrons. The summed E-state index contributed by atoms with van der Waals surface area (Å²) >= 11 is 0. The maximum absolute atomic E-state index is 12.5. The van der Waals surface area contributed by atoms with Gasteiger partial charge in [0.25, 0.3) is 11.8 Å². The first-order valence-corrected chi connectivity index (χ1v) is 12.3. The summed E-state index contributed by atoms with van der Waals surface area (Å²) in [5, 5.41) is 0. The fourth-order valence-electron chi connectivity index (χ4n) is 4.91. The number of rotatable bonds is 5. The Bertz CT molecular complexity index is 1020. The molecule has 1 heterocycles. The van der Waals surface area contributed by atoms with E-state index in [1.807, 2.05) is 12.1 Å². The molecule has 4 rings (SSSR count). The van der Waals surface area contributed by atoms with Gasteiger partial charge in [0.15, 0.2) is 0 Å². The highest BCUT2D eigenvalue weighted by molar-refractivity contribution is 5.99. The van der Waals surface area contributed by atoms with Crippen molar-refractivity contribution in [1.82, 2.24) is 15.8 Å². The van der Waals surface area contributed by atoms with Gasteiger partial charge in [0, 0.05) is 49.0 Å². The van der Waals surface area contributed by atoms with Crippen molar-refractivity contribution in [3.63, 3.8) is 0 Å². The molecule has 0 aromatic heterocycles. The largest absolute Gasteiger partial charge is 0.465 e. The number of benzene rings is 2. The first-order chi connectivity index (χ1) is 16.9. The second kappa shape index (κ2) is 11.4. The lowest BCUT2D eigenvalue weighted by Gasteiger charge is -2.42. The topological polar surface area (TPSA) is 91.0 Å². The average Bonchev–Trinajstić information content (AvgIpc) is 2.92. The van der Waals surface area contributed by atoms with Gasteiger partial charge in [0.1, 0.15) is 0 Å². The minimum atomic E-state index is -0.477. The number of esters is 1. The SMILES string of the molecule is COC(=O)c1ccc(C(=O)NNC(=O)c2ccc(N3CCN(C4CCC(C)CC4)CC3)cc2)cc1. The van der Waals surface area contributed by atoms with Crippen LogP contribution in [0, 0.1) is 5.92 Å². The van der Waals surface area contributed by atoms with E-state index < -0.39 is 17.8 Å². The summed E-state index contributed by atoms with van der Waals surface area (Å²) in [5.74, 6) is -0.477. The summed E-state index contributed by atoms with van der Waals surface area (Å²) in [6.45, 7) is 6.49. The summed E-state index contributed by atoms with van der Waals surface area (Å²) in [5.41, 5.74) is 7.07. The summed E-state index contributed by atoms with van der Waals surface area (Å²) in [6.07, 6.45) is 5.33. The second-order valence-corrected chi connectivity index (χ2v) is 9.46. The molecule has 0 bridgehead atoms. The van der Waals surface area contributed by atoms with Crippen molar-refractivity contribution in [2.75, 3.05) is 38.2 Å². The van der Waals surface area contributed by atoms with Gasteiger partial charge in [-0.3, -0.25) is 25.3 Å². The number of carbonyl (C=O) groups excluding carboxylic acids is 3. The van der Waals surface area contributed by atoms with E-state index in [0.29, 0.717) is 16.7 Å². The molecule has 0 atom stereocenters. The molecule has 8 heteroatoms. The van der Waals surface area contributed by atoms with Crippen molar-refractivity contribution in [1.29, 1.82) is 0 Å². The number of hydrogen-bond donors (Lipinski definition) is 2. The molecule has 1 aliphatic carbocycles. The second-order valence-electron chi connectivity index (χ2n) is 9.46. The number of nitrogens with zero attached hydrogens (tertiary/aromatic N) is 2. The molecule has 2 aromatic carbocycles. The van der Waals surface area contributed by atoms with E-state index in [-0.39, 0.29) is 0 Å². The molecule has 2 fully saturated rings.